The van der Waals surface area contributed by atoms with Crippen molar-refractivity contribution in [3.8, 4) is 23.8 Å². The Labute approximate surface area is 119 Å². The molecule has 102 valence electrons. The minimum atomic E-state index is 0.102. The molecule has 7 nitrogen and oxygen atoms in total. The highest BCUT2D eigenvalue weighted by molar-refractivity contribution is 5.45. The van der Waals surface area contributed by atoms with Crippen molar-refractivity contribution in [2.75, 3.05) is 0 Å². The van der Waals surface area contributed by atoms with Gasteiger partial charge in [-0.2, -0.15) is 10.5 Å². The normalized spacial score (nSPS) is 10.2. The van der Waals surface area contributed by atoms with Gasteiger partial charge in [-0.15, -0.1) is 0 Å². The van der Waals surface area contributed by atoms with Crippen LogP contribution in [0.15, 0.2) is 33.6 Å². The first-order valence-electron chi connectivity index (χ1n) is 6.08. The number of aromatic nitrogens is 3. The van der Waals surface area contributed by atoms with E-state index in [9.17, 15) is 0 Å². The SMILES string of the molecule is Cc1oc(-c2ccco2)nc1Cn1cnc(C#N)c1C#N. The van der Waals surface area contributed by atoms with Crippen LogP contribution in [0.25, 0.3) is 11.7 Å². The molecule has 0 aromatic carbocycles. The zero-order chi connectivity index (χ0) is 14.8. The van der Waals surface area contributed by atoms with Crippen molar-refractivity contribution in [1.82, 2.24) is 14.5 Å². The first kappa shape index (κ1) is 12.7. The second kappa shape index (κ2) is 4.99. The van der Waals surface area contributed by atoms with Gasteiger partial charge in [-0.1, -0.05) is 0 Å². The molecule has 0 saturated carbocycles. The number of aryl methyl sites for hydroxylation is 1. The fourth-order valence-corrected chi connectivity index (χ4v) is 1.94. The molecule has 3 heterocycles. The van der Waals surface area contributed by atoms with Crippen LogP contribution < -0.4 is 0 Å². The molecule has 0 saturated heterocycles. The maximum Gasteiger partial charge on any atom is 0.263 e. The van der Waals surface area contributed by atoms with Crippen molar-refractivity contribution >= 4 is 0 Å². The molecule has 0 radical (unpaired) electrons. The lowest BCUT2D eigenvalue weighted by molar-refractivity contribution is 0.499. The Bertz CT molecular complexity index is 858. The minimum absolute atomic E-state index is 0.102. The van der Waals surface area contributed by atoms with Crippen LogP contribution in [-0.4, -0.2) is 14.5 Å². The number of rotatable bonds is 3. The highest BCUT2D eigenvalue weighted by Gasteiger charge is 2.16. The molecular formula is C14H9N5O2. The molecule has 0 spiro atoms. The summed E-state index contributed by atoms with van der Waals surface area (Å²) < 4.78 is 12.3. The topological polar surface area (TPSA) is 105 Å². The van der Waals surface area contributed by atoms with E-state index in [1.54, 1.807) is 23.6 Å². The van der Waals surface area contributed by atoms with E-state index in [0.29, 0.717) is 29.6 Å². The monoisotopic (exact) mass is 279 g/mol. The van der Waals surface area contributed by atoms with Gasteiger partial charge in [0.25, 0.3) is 5.89 Å². The molecule has 0 amide bonds. The van der Waals surface area contributed by atoms with Gasteiger partial charge in [-0.05, 0) is 19.1 Å². The van der Waals surface area contributed by atoms with Gasteiger partial charge in [-0.25, -0.2) is 9.97 Å². The zero-order valence-corrected chi connectivity index (χ0v) is 11.1. The largest absolute Gasteiger partial charge is 0.459 e. The Kier molecular flexibility index (Phi) is 3.02. The van der Waals surface area contributed by atoms with E-state index in [1.165, 1.54) is 12.6 Å². The maximum atomic E-state index is 9.10. The van der Waals surface area contributed by atoms with Crippen molar-refractivity contribution < 1.29 is 8.83 Å². The summed E-state index contributed by atoms with van der Waals surface area (Å²) >= 11 is 0. The molecule has 0 aliphatic heterocycles. The summed E-state index contributed by atoms with van der Waals surface area (Å²) in [6.45, 7) is 2.08. The lowest BCUT2D eigenvalue weighted by atomic mass is 10.3. The predicted octanol–water partition coefficient (Wildman–Crippen LogP) is 2.23. The lowest BCUT2D eigenvalue weighted by Crippen LogP contribution is -2.03. The second-order valence-electron chi connectivity index (χ2n) is 4.29. The van der Waals surface area contributed by atoms with Gasteiger partial charge in [-0.3, -0.25) is 0 Å². The van der Waals surface area contributed by atoms with Gasteiger partial charge < -0.3 is 13.4 Å². The van der Waals surface area contributed by atoms with E-state index >= 15 is 0 Å². The Hall–Kier alpha value is -3.32. The standard InChI is InChI=1S/C14H9N5O2/c1-9-11(18-14(21-9)13-3-2-4-20-13)7-19-8-17-10(5-15)12(19)6-16/h2-4,8H,7H2,1H3. The van der Waals surface area contributed by atoms with Gasteiger partial charge in [0.05, 0.1) is 19.1 Å². The van der Waals surface area contributed by atoms with E-state index < -0.39 is 0 Å². The fourth-order valence-electron chi connectivity index (χ4n) is 1.94. The predicted molar refractivity (Wildman–Crippen MR) is 69.7 cm³/mol. The van der Waals surface area contributed by atoms with Gasteiger partial charge >= 0.3 is 0 Å². The molecule has 0 aliphatic carbocycles. The summed E-state index contributed by atoms with van der Waals surface area (Å²) in [5.41, 5.74) is 0.962. The number of oxazole rings is 1. The molecule has 7 heteroatoms. The maximum absolute atomic E-state index is 9.10. The Morgan fingerprint density at radius 3 is 2.86 bits per heavy atom. The van der Waals surface area contributed by atoms with E-state index in [2.05, 4.69) is 9.97 Å². The highest BCUT2D eigenvalue weighted by atomic mass is 16.4. The fraction of sp³-hybridized carbons (Fsp3) is 0.143. The Morgan fingerprint density at radius 2 is 2.19 bits per heavy atom. The number of nitrogens with zero attached hydrogens (tertiary/aromatic N) is 5. The van der Waals surface area contributed by atoms with Crippen LogP contribution in [0.1, 0.15) is 22.8 Å². The first-order valence-corrected chi connectivity index (χ1v) is 6.08. The van der Waals surface area contributed by atoms with Gasteiger partial charge in [0.15, 0.2) is 17.1 Å². The van der Waals surface area contributed by atoms with Crippen molar-refractivity contribution in [3.63, 3.8) is 0 Å². The quantitative estimate of drug-likeness (QED) is 0.728. The number of nitriles is 2. The van der Waals surface area contributed by atoms with Crippen molar-refractivity contribution in [3.05, 3.63) is 47.6 Å². The molecule has 0 aliphatic rings. The average Bonchev–Trinajstić information content (AvgIpc) is 3.19. The first-order chi connectivity index (χ1) is 10.2. The van der Waals surface area contributed by atoms with E-state index in [0.717, 1.165) is 0 Å². The average molecular weight is 279 g/mol. The molecule has 3 rings (SSSR count). The van der Waals surface area contributed by atoms with Crippen LogP contribution in [0.2, 0.25) is 0 Å². The van der Waals surface area contributed by atoms with E-state index in [-0.39, 0.29) is 11.4 Å². The third-order valence-corrected chi connectivity index (χ3v) is 2.99. The summed E-state index contributed by atoms with van der Waals surface area (Å²) in [6, 6.07) is 7.35. The van der Waals surface area contributed by atoms with Gasteiger partial charge in [0.1, 0.15) is 23.6 Å². The Morgan fingerprint density at radius 1 is 1.33 bits per heavy atom. The summed E-state index contributed by atoms with van der Waals surface area (Å²) in [4.78, 5) is 8.25. The van der Waals surface area contributed by atoms with E-state index in [4.69, 9.17) is 19.4 Å². The van der Waals surface area contributed by atoms with E-state index in [1.807, 2.05) is 12.1 Å². The molecular weight excluding hydrogens is 270 g/mol. The van der Waals surface area contributed by atoms with Gasteiger partial charge in [0.2, 0.25) is 0 Å². The molecule has 0 unspecified atom stereocenters. The van der Waals surface area contributed by atoms with Crippen LogP contribution in [0.4, 0.5) is 0 Å². The third-order valence-electron chi connectivity index (χ3n) is 2.99. The number of hydrogen-bond donors (Lipinski definition) is 0. The molecule has 21 heavy (non-hydrogen) atoms. The molecule has 3 aromatic heterocycles. The molecule has 3 aromatic rings. The summed E-state index contributed by atoms with van der Waals surface area (Å²) in [5, 5.41) is 18.0. The van der Waals surface area contributed by atoms with Crippen LogP contribution in [0, 0.1) is 29.6 Å². The summed E-state index contributed by atoms with van der Waals surface area (Å²) in [5.74, 6) is 1.54. The van der Waals surface area contributed by atoms with Crippen LogP contribution >= 0.6 is 0 Å². The van der Waals surface area contributed by atoms with Crippen LogP contribution in [-0.2, 0) is 6.54 Å². The third kappa shape index (κ3) is 2.17. The lowest BCUT2D eigenvalue weighted by Gasteiger charge is -2.00. The van der Waals surface area contributed by atoms with Crippen molar-refractivity contribution in [1.29, 1.82) is 10.5 Å². The highest BCUT2D eigenvalue weighted by Crippen LogP contribution is 2.22. The Balaban J connectivity index is 1.95. The smallest absolute Gasteiger partial charge is 0.263 e. The van der Waals surface area contributed by atoms with Crippen LogP contribution in [0.5, 0.6) is 0 Å². The van der Waals surface area contributed by atoms with Crippen molar-refractivity contribution in [2.24, 2.45) is 0 Å². The molecule has 0 N–H and O–H groups in total. The van der Waals surface area contributed by atoms with Crippen molar-refractivity contribution in [2.45, 2.75) is 13.5 Å². The molecule has 0 bridgehead atoms. The second-order valence-corrected chi connectivity index (χ2v) is 4.29. The minimum Gasteiger partial charge on any atom is -0.459 e. The van der Waals surface area contributed by atoms with Gasteiger partial charge in [0, 0.05) is 0 Å². The molecule has 0 fully saturated rings. The summed E-state index contributed by atoms with van der Waals surface area (Å²) in [7, 11) is 0. The zero-order valence-electron chi connectivity index (χ0n) is 11.1. The number of imidazole rings is 1. The van der Waals surface area contributed by atoms with Crippen LogP contribution in [0.3, 0.4) is 0 Å². The number of furan rings is 1. The number of hydrogen-bond acceptors (Lipinski definition) is 6. The summed E-state index contributed by atoms with van der Waals surface area (Å²) in [6.07, 6.45) is 2.98. The molecule has 0 atom stereocenters.